The summed E-state index contributed by atoms with van der Waals surface area (Å²) >= 11 is 0. The second-order valence-corrected chi connectivity index (χ2v) is 8.40. The van der Waals surface area contributed by atoms with Crippen molar-refractivity contribution in [2.45, 2.75) is 19.9 Å². The Morgan fingerprint density at radius 1 is 1.06 bits per heavy atom. The molecule has 7 nitrogen and oxygen atoms in total. The van der Waals surface area contributed by atoms with Gasteiger partial charge in [0.2, 0.25) is 5.95 Å². The van der Waals surface area contributed by atoms with Gasteiger partial charge in [-0.25, -0.2) is 9.37 Å². The first-order valence-corrected chi connectivity index (χ1v) is 11.0. The number of ketones is 1. The molecule has 1 aliphatic heterocycles. The van der Waals surface area contributed by atoms with E-state index >= 15 is 4.39 Å². The van der Waals surface area contributed by atoms with Crippen LogP contribution in [0.3, 0.4) is 0 Å². The number of Topliss-reactive ketones (excluding diaryl/α,β-unsaturated/α-hetero) is 1. The quantitative estimate of drug-likeness (QED) is 0.249. The number of H-pyrrole nitrogens is 1. The highest BCUT2D eigenvalue weighted by Crippen LogP contribution is 2.43. The zero-order valence-corrected chi connectivity index (χ0v) is 19.3. The number of aromatic nitrogens is 2. The third-order valence-corrected chi connectivity index (χ3v) is 6.25. The molecule has 1 aromatic heterocycles. The molecule has 8 heteroatoms. The fourth-order valence-electron chi connectivity index (χ4n) is 4.51. The summed E-state index contributed by atoms with van der Waals surface area (Å²) in [4.78, 5) is 35.3. The number of nitrogens with one attached hydrogen (secondary N) is 1. The summed E-state index contributed by atoms with van der Waals surface area (Å²) in [6.07, 6.45) is 0. The second kappa shape index (κ2) is 8.39. The molecule has 3 aromatic carbocycles. The number of fused-ring (bicyclic) bond motifs is 1. The van der Waals surface area contributed by atoms with Gasteiger partial charge in [0.15, 0.2) is 0 Å². The molecule has 1 atom stereocenters. The van der Waals surface area contributed by atoms with E-state index in [1.54, 1.807) is 57.4 Å². The Kier molecular flexibility index (Phi) is 5.36. The van der Waals surface area contributed by atoms with E-state index in [-0.39, 0.29) is 17.1 Å². The molecule has 0 radical (unpaired) electrons. The van der Waals surface area contributed by atoms with Gasteiger partial charge in [-0.2, -0.15) is 0 Å². The summed E-state index contributed by atoms with van der Waals surface area (Å²) in [7, 11) is 1.54. The van der Waals surface area contributed by atoms with Crippen LogP contribution in [-0.4, -0.2) is 33.9 Å². The Morgan fingerprint density at radius 2 is 1.77 bits per heavy atom. The number of aromatic amines is 1. The first-order chi connectivity index (χ1) is 16.8. The number of carbonyl (C=O) groups is 2. The van der Waals surface area contributed by atoms with Gasteiger partial charge in [0.05, 0.1) is 23.7 Å². The number of aryl methyl sites for hydroxylation is 2. The minimum absolute atomic E-state index is 0.0663. The molecule has 4 aromatic rings. The van der Waals surface area contributed by atoms with E-state index in [0.29, 0.717) is 27.9 Å². The van der Waals surface area contributed by atoms with Gasteiger partial charge in [-0.15, -0.1) is 0 Å². The molecule has 2 N–H and O–H groups in total. The topological polar surface area (TPSA) is 95.5 Å². The summed E-state index contributed by atoms with van der Waals surface area (Å²) in [6, 6.07) is 15.2. The molecule has 0 spiro atoms. The van der Waals surface area contributed by atoms with Gasteiger partial charge in [0.1, 0.15) is 23.4 Å². The highest BCUT2D eigenvalue weighted by atomic mass is 19.1. The van der Waals surface area contributed by atoms with Crippen LogP contribution in [-0.2, 0) is 9.59 Å². The molecule has 1 aliphatic rings. The Labute approximate surface area is 200 Å². The summed E-state index contributed by atoms with van der Waals surface area (Å²) < 4.78 is 20.4. The molecule has 0 aliphatic carbocycles. The van der Waals surface area contributed by atoms with Gasteiger partial charge in [-0.05, 0) is 55.3 Å². The maximum Gasteiger partial charge on any atom is 0.302 e. The lowest BCUT2D eigenvalue weighted by atomic mass is 9.93. The minimum Gasteiger partial charge on any atom is -0.507 e. The molecule has 35 heavy (non-hydrogen) atoms. The predicted octanol–water partition coefficient (Wildman–Crippen LogP) is 4.95. The molecule has 176 valence electrons. The first kappa shape index (κ1) is 22.3. The number of imidazole rings is 1. The van der Waals surface area contributed by atoms with Crippen LogP contribution >= 0.6 is 0 Å². The summed E-state index contributed by atoms with van der Waals surface area (Å²) in [5.41, 5.74) is 2.80. The molecule has 2 heterocycles. The highest BCUT2D eigenvalue weighted by Gasteiger charge is 2.49. The van der Waals surface area contributed by atoms with Gasteiger partial charge in [-0.3, -0.25) is 14.5 Å². The van der Waals surface area contributed by atoms with Crippen molar-refractivity contribution in [2.24, 2.45) is 0 Å². The number of ether oxygens (including phenoxy) is 1. The van der Waals surface area contributed by atoms with Crippen LogP contribution < -0.4 is 9.64 Å². The number of hydrogen-bond acceptors (Lipinski definition) is 5. The van der Waals surface area contributed by atoms with Crippen molar-refractivity contribution in [3.63, 3.8) is 0 Å². The lowest BCUT2D eigenvalue weighted by Crippen LogP contribution is -2.30. The number of rotatable bonds is 4. The number of benzene rings is 3. The number of methoxy groups -OCH3 is 1. The maximum atomic E-state index is 15.1. The predicted molar refractivity (Wildman–Crippen MR) is 130 cm³/mol. The van der Waals surface area contributed by atoms with Crippen molar-refractivity contribution in [3.05, 3.63) is 94.3 Å². The number of aliphatic hydroxyl groups excluding tert-OH is 1. The van der Waals surface area contributed by atoms with Crippen molar-refractivity contribution in [1.29, 1.82) is 0 Å². The van der Waals surface area contributed by atoms with Crippen molar-refractivity contribution >= 4 is 34.4 Å². The van der Waals surface area contributed by atoms with Crippen LogP contribution in [0.1, 0.15) is 28.3 Å². The summed E-state index contributed by atoms with van der Waals surface area (Å²) in [5.74, 6) is -2.14. The Balaban J connectivity index is 1.77. The van der Waals surface area contributed by atoms with Crippen LogP contribution in [0.5, 0.6) is 5.75 Å². The van der Waals surface area contributed by atoms with Crippen molar-refractivity contribution in [2.75, 3.05) is 12.0 Å². The van der Waals surface area contributed by atoms with Gasteiger partial charge < -0.3 is 14.8 Å². The standard InChI is InChI=1S/C27H22FN3O4/c1-14-13-21(35-3)15(2)12-17(14)24(32)22-23(16-8-4-5-9-18(16)28)31(26(34)25(22)33)27-29-19-10-6-7-11-20(19)30-27/h4-13,23,32H,1-3H3,(H,29,30)/b24-22+. The number of halogens is 1. The molecule has 1 unspecified atom stereocenters. The highest BCUT2D eigenvalue weighted by molar-refractivity contribution is 6.51. The Morgan fingerprint density at radius 3 is 2.49 bits per heavy atom. The number of amides is 1. The maximum absolute atomic E-state index is 15.1. The van der Waals surface area contributed by atoms with Gasteiger partial charge in [0, 0.05) is 11.1 Å². The summed E-state index contributed by atoms with van der Waals surface area (Å²) in [6.45, 7) is 3.56. The number of carbonyl (C=O) groups excluding carboxylic acids is 2. The summed E-state index contributed by atoms with van der Waals surface area (Å²) in [5, 5.41) is 11.4. The van der Waals surface area contributed by atoms with Crippen LogP contribution in [0.25, 0.3) is 16.8 Å². The molecule has 0 saturated carbocycles. The number of aliphatic hydroxyl groups is 1. The Hall–Kier alpha value is -4.46. The normalized spacial score (nSPS) is 17.4. The van der Waals surface area contributed by atoms with Gasteiger partial charge in [-0.1, -0.05) is 30.3 Å². The average Bonchev–Trinajstić information content (AvgIpc) is 3.38. The smallest absolute Gasteiger partial charge is 0.302 e. The van der Waals surface area contributed by atoms with E-state index in [1.807, 2.05) is 6.07 Å². The molecule has 1 saturated heterocycles. The van der Waals surface area contributed by atoms with Gasteiger partial charge in [0.25, 0.3) is 5.78 Å². The lowest BCUT2D eigenvalue weighted by molar-refractivity contribution is -0.132. The fourth-order valence-corrected chi connectivity index (χ4v) is 4.51. The largest absolute Gasteiger partial charge is 0.507 e. The molecule has 5 rings (SSSR count). The fraction of sp³-hybridized carbons (Fsp3) is 0.148. The second-order valence-electron chi connectivity index (χ2n) is 8.40. The van der Waals surface area contributed by atoms with Crippen molar-refractivity contribution in [3.8, 4) is 5.75 Å². The van der Waals surface area contributed by atoms with E-state index in [4.69, 9.17) is 4.74 Å². The van der Waals surface area contributed by atoms with E-state index in [1.165, 1.54) is 18.2 Å². The van der Waals surface area contributed by atoms with Crippen LogP contribution in [0, 0.1) is 19.7 Å². The molecule has 1 fully saturated rings. The number of nitrogens with zero attached hydrogens (tertiary/aromatic N) is 2. The van der Waals surface area contributed by atoms with E-state index < -0.39 is 29.3 Å². The van der Waals surface area contributed by atoms with E-state index in [9.17, 15) is 14.7 Å². The first-order valence-electron chi connectivity index (χ1n) is 11.0. The lowest BCUT2D eigenvalue weighted by Gasteiger charge is -2.23. The SMILES string of the molecule is COc1cc(C)c(/C(O)=C2\C(=O)C(=O)N(c3nc4ccccc4[nH]3)C2c2ccccc2F)cc1C. The van der Waals surface area contributed by atoms with E-state index in [0.717, 1.165) is 10.5 Å². The monoisotopic (exact) mass is 471 g/mol. The molecular formula is C27H22FN3O4. The zero-order chi connectivity index (χ0) is 24.9. The minimum atomic E-state index is -1.22. The third-order valence-electron chi connectivity index (χ3n) is 6.25. The Bertz CT molecular complexity index is 1510. The van der Waals surface area contributed by atoms with Crippen molar-refractivity contribution < 1.29 is 23.8 Å². The zero-order valence-electron chi connectivity index (χ0n) is 19.3. The van der Waals surface area contributed by atoms with Crippen molar-refractivity contribution in [1.82, 2.24) is 9.97 Å². The number of para-hydroxylation sites is 2. The average molecular weight is 471 g/mol. The van der Waals surface area contributed by atoms with Crippen LogP contribution in [0.2, 0.25) is 0 Å². The van der Waals surface area contributed by atoms with E-state index in [2.05, 4.69) is 9.97 Å². The third kappa shape index (κ3) is 3.54. The molecular weight excluding hydrogens is 449 g/mol. The number of anilines is 1. The molecule has 0 bridgehead atoms. The van der Waals surface area contributed by atoms with Gasteiger partial charge >= 0.3 is 5.91 Å². The number of hydrogen-bond donors (Lipinski definition) is 2. The van der Waals surface area contributed by atoms with Crippen LogP contribution in [0.15, 0.2) is 66.2 Å². The van der Waals surface area contributed by atoms with Crippen LogP contribution in [0.4, 0.5) is 10.3 Å². The molecule has 1 amide bonds.